The Balaban J connectivity index is 2.49. The quantitative estimate of drug-likeness (QED) is 0.698. The van der Waals surface area contributed by atoms with Gasteiger partial charge in [0.25, 0.3) is 0 Å². The van der Waals surface area contributed by atoms with Crippen molar-refractivity contribution in [1.82, 2.24) is 10.2 Å². The number of likely N-dealkylation sites (N-methyl/N-ethyl adjacent to an activating group) is 1. The van der Waals surface area contributed by atoms with E-state index in [-0.39, 0.29) is 0 Å². The second kappa shape index (κ2) is 7.30. The molecule has 1 aliphatic carbocycles. The highest BCUT2D eigenvalue weighted by Gasteiger charge is 2.36. The molecule has 1 rings (SSSR count). The van der Waals surface area contributed by atoms with Crippen LogP contribution in [0.15, 0.2) is 12.7 Å². The van der Waals surface area contributed by atoms with Gasteiger partial charge in [0, 0.05) is 18.1 Å². The Morgan fingerprint density at radius 3 is 2.78 bits per heavy atom. The molecule has 1 fully saturated rings. The van der Waals surface area contributed by atoms with Crippen molar-refractivity contribution in [2.24, 2.45) is 5.92 Å². The molecule has 0 saturated heterocycles. The minimum absolute atomic E-state index is 0.375. The molecule has 3 unspecified atom stereocenters. The second-order valence-corrected chi connectivity index (χ2v) is 6.47. The lowest BCUT2D eigenvalue weighted by Gasteiger charge is -2.46. The van der Waals surface area contributed by atoms with Gasteiger partial charge in [-0.1, -0.05) is 25.8 Å². The van der Waals surface area contributed by atoms with Gasteiger partial charge in [0.05, 0.1) is 0 Å². The van der Waals surface area contributed by atoms with E-state index >= 15 is 0 Å². The molecular formula is C16H32N2. The van der Waals surface area contributed by atoms with Crippen LogP contribution in [0.5, 0.6) is 0 Å². The maximum absolute atomic E-state index is 3.80. The van der Waals surface area contributed by atoms with Crippen LogP contribution < -0.4 is 5.32 Å². The predicted molar refractivity (Wildman–Crippen MR) is 80.9 cm³/mol. The minimum atomic E-state index is 0.375. The van der Waals surface area contributed by atoms with Crippen molar-refractivity contribution >= 4 is 0 Å². The van der Waals surface area contributed by atoms with Crippen LogP contribution in [0.1, 0.15) is 52.4 Å². The molecule has 1 saturated carbocycles. The van der Waals surface area contributed by atoms with Gasteiger partial charge in [-0.05, 0) is 52.6 Å². The first-order valence-electron chi connectivity index (χ1n) is 7.52. The highest BCUT2D eigenvalue weighted by atomic mass is 15.2. The van der Waals surface area contributed by atoms with E-state index in [1.165, 1.54) is 32.1 Å². The van der Waals surface area contributed by atoms with E-state index in [2.05, 4.69) is 44.7 Å². The molecule has 0 aliphatic heterocycles. The number of rotatable bonds is 7. The van der Waals surface area contributed by atoms with Gasteiger partial charge in [0.1, 0.15) is 0 Å². The third-order valence-electron chi connectivity index (χ3n) is 4.60. The van der Waals surface area contributed by atoms with Gasteiger partial charge < -0.3 is 10.2 Å². The van der Waals surface area contributed by atoms with E-state index in [9.17, 15) is 0 Å². The standard InChI is InChI=1S/C16H32N2/c1-6-7-10-15(3)17-13-16(18(4)5)11-8-9-14(2)12-16/h6,14-15,17H,1,7-13H2,2-5H3. The number of nitrogens with one attached hydrogen (secondary N) is 1. The van der Waals surface area contributed by atoms with E-state index in [0.29, 0.717) is 11.6 Å². The lowest BCUT2D eigenvalue weighted by molar-refractivity contribution is 0.0726. The Morgan fingerprint density at radius 1 is 1.50 bits per heavy atom. The molecule has 106 valence electrons. The zero-order valence-corrected chi connectivity index (χ0v) is 12.8. The second-order valence-electron chi connectivity index (χ2n) is 6.47. The summed E-state index contributed by atoms with van der Waals surface area (Å²) in [5.41, 5.74) is 0.375. The fourth-order valence-electron chi connectivity index (χ4n) is 3.19. The fraction of sp³-hybridized carbons (Fsp3) is 0.875. The third-order valence-corrected chi connectivity index (χ3v) is 4.60. The lowest BCUT2D eigenvalue weighted by Crippen LogP contribution is -2.55. The van der Waals surface area contributed by atoms with Crippen molar-refractivity contribution in [3.05, 3.63) is 12.7 Å². The Bertz CT molecular complexity index is 249. The molecule has 1 aliphatic rings. The summed E-state index contributed by atoms with van der Waals surface area (Å²) >= 11 is 0. The molecule has 0 amide bonds. The van der Waals surface area contributed by atoms with Crippen LogP contribution in [0.4, 0.5) is 0 Å². The van der Waals surface area contributed by atoms with E-state index in [0.717, 1.165) is 18.9 Å². The van der Waals surface area contributed by atoms with Crippen LogP contribution in [0, 0.1) is 5.92 Å². The van der Waals surface area contributed by atoms with Gasteiger partial charge in [0.15, 0.2) is 0 Å². The van der Waals surface area contributed by atoms with Gasteiger partial charge in [-0.2, -0.15) is 0 Å². The number of allylic oxidation sites excluding steroid dienone is 1. The molecule has 0 heterocycles. The molecule has 18 heavy (non-hydrogen) atoms. The smallest absolute Gasteiger partial charge is 0.0330 e. The zero-order chi connectivity index (χ0) is 13.6. The molecule has 2 heteroatoms. The van der Waals surface area contributed by atoms with E-state index in [4.69, 9.17) is 0 Å². The monoisotopic (exact) mass is 252 g/mol. The highest BCUT2D eigenvalue weighted by Crippen LogP contribution is 2.35. The number of hydrogen-bond donors (Lipinski definition) is 1. The van der Waals surface area contributed by atoms with Crippen LogP contribution in [0.2, 0.25) is 0 Å². The summed E-state index contributed by atoms with van der Waals surface area (Å²) in [6.07, 6.45) is 9.78. The zero-order valence-electron chi connectivity index (χ0n) is 12.8. The molecule has 0 aromatic rings. The maximum atomic E-state index is 3.80. The molecule has 0 aromatic carbocycles. The number of hydrogen-bond acceptors (Lipinski definition) is 2. The van der Waals surface area contributed by atoms with Crippen LogP contribution in [0.25, 0.3) is 0 Å². The van der Waals surface area contributed by atoms with Crippen LogP contribution >= 0.6 is 0 Å². The molecule has 2 nitrogen and oxygen atoms in total. The van der Waals surface area contributed by atoms with Crippen molar-refractivity contribution in [3.63, 3.8) is 0 Å². The van der Waals surface area contributed by atoms with E-state index in [1.54, 1.807) is 0 Å². The van der Waals surface area contributed by atoms with Gasteiger partial charge in [-0.15, -0.1) is 6.58 Å². The average molecular weight is 252 g/mol. The van der Waals surface area contributed by atoms with Crippen molar-refractivity contribution in [1.29, 1.82) is 0 Å². The summed E-state index contributed by atoms with van der Waals surface area (Å²) in [6, 6.07) is 0.594. The third kappa shape index (κ3) is 4.40. The first kappa shape index (κ1) is 15.7. The summed E-state index contributed by atoms with van der Waals surface area (Å²) in [6.45, 7) is 9.62. The maximum Gasteiger partial charge on any atom is 0.0330 e. The molecule has 0 radical (unpaired) electrons. The topological polar surface area (TPSA) is 15.3 Å². The first-order valence-corrected chi connectivity index (χ1v) is 7.52. The molecular weight excluding hydrogens is 220 g/mol. The summed E-state index contributed by atoms with van der Waals surface area (Å²) in [7, 11) is 4.49. The SMILES string of the molecule is C=CCCC(C)NCC1(N(C)C)CCCC(C)C1. The number of nitrogens with zero attached hydrogens (tertiary/aromatic N) is 1. The van der Waals surface area contributed by atoms with Crippen LogP contribution in [-0.4, -0.2) is 37.1 Å². The molecule has 0 aromatic heterocycles. The summed E-state index contributed by atoms with van der Waals surface area (Å²) in [5, 5.41) is 3.74. The van der Waals surface area contributed by atoms with Crippen LogP contribution in [-0.2, 0) is 0 Å². The molecule has 3 atom stereocenters. The molecule has 0 bridgehead atoms. The predicted octanol–water partition coefficient (Wildman–Crippen LogP) is 3.44. The Hall–Kier alpha value is -0.340. The molecule has 0 spiro atoms. The van der Waals surface area contributed by atoms with Crippen molar-refractivity contribution < 1.29 is 0 Å². The molecule has 1 N–H and O–H groups in total. The van der Waals surface area contributed by atoms with Crippen molar-refractivity contribution in [2.75, 3.05) is 20.6 Å². The van der Waals surface area contributed by atoms with Gasteiger partial charge >= 0.3 is 0 Å². The van der Waals surface area contributed by atoms with Gasteiger partial charge in [0.2, 0.25) is 0 Å². The van der Waals surface area contributed by atoms with E-state index < -0.39 is 0 Å². The lowest BCUT2D eigenvalue weighted by atomic mass is 9.75. The fourth-order valence-corrected chi connectivity index (χ4v) is 3.19. The van der Waals surface area contributed by atoms with Crippen LogP contribution in [0.3, 0.4) is 0 Å². The van der Waals surface area contributed by atoms with Crippen molar-refractivity contribution in [2.45, 2.75) is 64.0 Å². The van der Waals surface area contributed by atoms with E-state index in [1.807, 2.05) is 6.08 Å². The first-order chi connectivity index (χ1) is 8.50. The Labute approximate surface area is 114 Å². The Kier molecular flexibility index (Phi) is 6.37. The largest absolute Gasteiger partial charge is 0.312 e. The Morgan fingerprint density at radius 2 is 2.22 bits per heavy atom. The van der Waals surface area contributed by atoms with Gasteiger partial charge in [-0.25, -0.2) is 0 Å². The highest BCUT2D eigenvalue weighted by molar-refractivity contribution is 4.95. The van der Waals surface area contributed by atoms with Crippen molar-refractivity contribution in [3.8, 4) is 0 Å². The normalized spacial score (nSPS) is 30.4. The summed E-state index contributed by atoms with van der Waals surface area (Å²) < 4.78 is 0. The summed E-state index contributed by atoms with van der Waals surface area (Å²) in [5.74, 6) is 0.867. The average Bonchev–Trinajstić information content (AvgIpc) is 2.33. The summed E-state index contributed by atoms with van der Waals surface area (Å²) in [4.78, 5) is 2.45. The minimum Gasteiger partial charge on any atom is -0.312 e. The van der Waals surface area contributed by atoms with Gasteiger partial charge in [-0.3, -0.25) is 0 Å².